The molecule has 0 spiro atoms. The number of sulfone groups is 1. The third-order valence-corrected chi connectivity index (χ3v) is 5.05. The van der Waals surface area contributed by atoms with Crippen LogP contribution in [0.1, 0.15) is 22.3 Å². The van der Waals surface area contributed by atoms with Crippen LogP contribution in [-0.2, 0) is 22.1 Å². The first-order valence-electron chi connectivity index (χ1n) is 6.50. The maximum Gasteiger partial charge on any atom is 0.182 e. The summed E-state index contributed by atoms with van der Waals surface area (Å²) in [5.74, 6) is 0.0206. The molecular weight excluding hydrogens is 270 g/mol. The number of hydrogen-bond donors (Lipinski definition) is 1. The molecule has 4 heteroatoms. The van der Waals surface area contributed by atoms with E-state index in [9.17, 15) is 8.42 Å². The van der Waals surface area contributed by atoms with Gasteiger partial charge >= 0.3 is 0 Å². The normalized spacial score (nSPS) is 11.6. The summed E-state index contributed by atoms with van der Waals surface area (Å²) in [5, 5.41) is 0. The number of aryl methyl sites for hydroxylation is 2. The Morgan fingerprint density at radius 3 is 2.20 bits per heavy atom. The summed E-state index contributed by atoms with van der Waals surface area (Å²) in [7, 11) is -3.30. The van der Waals surface area contributed by atoms with Crippen molar-refractivity contribution in [3.05, 3.63) is 64.7 Å². The molecule has 2 rings (SSSR count). The van der Waals surface area contributed by atoms with Gasteiger partial charge in [0, 0.05) is 6.54 Å². The molecule has 2 aromatic rings. The van der Waals surface area contributed by atoms with E-state index in [2.05, 4.69) is 0 Å². The third kappa shape index (κ3) is 3.26. The highest BCUT2D eigenvalue weighted by molar-refractivity contribution is 7.90. The van der Waals surface area contributed by atoms with Crippen LogP contribution in [-0.4, -0.2) is 8.42 Å². The van der Waals surface area contributed by atoms with E-state index >= 15 is 0 Å². The van der Waals surface area contributed by atoms with Gasteiger partial charge in [-0.3, -0.25) is 0 Å². The van der Waals surface area contributed by atoms with Crippen molar-refractivity contribution < 1.29 is 8.42 Å². The van der Waals surface area contributed by atoms with Crippen molar-refractivity contribution in [3.63, 3.8) is 0 Å². The second kappa shape index (κ2) is 5.77. The Bertz CT molecular complexity index is 704. The Morgan fingerprint density at radius 2 is 1.65 bits per heavy atom. The average molecular weight is 289 g/mol. The molecule has 0 bridgehead atoms. The van der Waals surface area contributed by atoms with Crippen LogP contribution in [0.25, 0.3) is 0 Å². The Morgan fingerprint density at radius 1 is 1.00 bits per heavy atom. The molecule has 0 amide bonds. The molecule has 0 aliphatic heterocycles. The van der Waals surface area contributed by atoms with E-state index in [0.29, 0.717) is 11.4 Å². The number of rotatable bonds is 4. The minimum Gasteiger partial charge on any atom is -0.326 e. The SMILES string of the molecule is Cc1ccc(S(=O)(=O)Cc2ccc(CN)cc2C)cc1. The van der Waals surface area contributed by atoms with E-state index < -0.39 is 9.84 Å². The van der Waals surface area contributed by atoms with Gasteiger partial charge in [0.2, 0.25) is 0 Å². The topological polar surface area (TPSA) is 60.2 Å². The quantitative estimate of drug-likeness (QED) is 0.941. The van der Waals surface area contributed by atoms with E-state index in [-0.39, 0.29) is 5.75 Å². The molecule has 20 heavy (non-hydrogen) atoms. The largest absolute Gasteiger partial charge is 0.326 e. The summed E-state index contributed by atoms with van der Waals surface area (Å²) in [6, 6.07) is 12.6. The maximum atomic E-state index is 12.4. The molecule has 0 unspecified atom stereocenters. The van der Waals surface area contributed by atoms with E-state index in [1.54, 1.807) is 12.1 Å². The van der Waals surface area contributed by atoms with Crippen LogP contribution in [0.5, 0.6) is 0 Å². The van der Waals surface area contributed by atoms with E-state index in [1.165, 1.54) is 0 Å². The minimum atomic E-state index is -3.30. The van der Waals surface area contributed by atoms with Gasteiger partial charge in [0.05, 0.1) is 10.6 Å². The average Bonchev–Trinajstić information content (AvgIpc) is 2.41. The summed E-state index contributed by atoms with van der Waals surface area (Å²) < 4.78 is 24.8. The number of benzene rings is 2. The molecule has 0 atom stereocenters. The van der Waals surface area contributed by atoms with E-state index in [0.717, 1.165) is 22.3 Å². The van der Waals surface area contributed by atoms with Gasteiger partial charge in [-0.1, -0.05) is 35.9 Å². The van der Waals surface area contributed by atoms with Crippen molar-refractivity contribution in [1.82, 2.24) is 0 Å². The highest BCUT2D eigenvalue weighted by Crippen LogP contribution is 2.20. The minimum absolute atomic E-state index is 0.0206. The zero-order chi connectivity index (χ0) is 14.8. The molecule has 106 valence electrons. The number of hydrogen-bond acceptors (Lipinski definition) is 3. The number of nitrogens with two attached hydrogens (primary N) is 1. The van der Waals surface area contributed by atoms with Crippen LogP contribution < -0.4 is 5.73 Å². The lowest BCUT2D eigenvalue weighted by Gasteiger charge is -2.09. The first kappa shape index (κ1) is 14.8. The van der Waals surface area contributed by atoms with Crippen molar-refractivity contribution in [3.8, 4) is 0 Å². The second-order valence-electron chi connectivity index (χ2n) is 5.04. The van der Waals surface area contributed by atoms with Crippen molar-refractivity contribution in [2.45, 2.75) is 31.0 Å². The van der Waals surface area contributed by atoms with Gasteiger partial charge < -0.3 is 5.73 Å². The van der Waals surface area contributed by atoms with Crippen LogP contribution >= 0.6 is 0 Å². The molecule has 0 aromatic heterocycles. The lowest BCUT2D eigenvalue weighted by molar-refractivity contribution is 0.595. The van der Waals surface area contributed by atoms with Gasteiger partial charge in [0.15, 0.2) is 9.84 Å². The zero-order valence-electron chi connectivity index (χ0n) is 11.8. The monoisotopic (exact) mass is 289 g/mol. The van der Waals surface area contributed by atoms with Crippen molar-refractivity contribution in [1.29, 1.82) is 0 Å². The van der Waals surface area contributed by atoms with Crippen molar-refractivity contribution in [2.75, 3.05) is 0 Å². The van der Waals surface area contributed by atoms with Gasteiger partial charge in [0.25, 0.3) is 0 Å². The molecule has 2 aromatic carbocycles. The van der Waals surface area contributed by atoms with Gasteiger partial charge in [-0.05, 0) is 42.7 Å². The predicted octanol–water partition coefficient (Wildman–Crippen LogP) is 2.74. The Balaban J connectivity index is 2.31. The zero-order valence-corrected chi connectivity index (χ0v) is 12.6. The van der Waals surface area contributed by atoms with Crippen LogP contribution in [0, 0.1) is 13.8 Å². The fourth-order valence-electron chi connectivity index (χ4n) is 2.08. The summed E-state index contributed by atoms with van der Waals surface area (Å²) >= 11 is 0. The van der Waals surface area contributed by atoms with Gasteiger partial charge in [0.1, 0.15) is 0 Å². The highest BCUT2D eigenvalue weighted by atomic mass is 32.2. The fraction of sp³-hybridized carbons (Fsp3) is 0.250. The van der Waals surface area contributed by atoms with Crippen LogP contribution in [0.4, 0.5) is 0 Å². The molecule has 0 radical (unpaired) electrons. The standard InChI is InChI=1S/C16H19NO2S/c1-12-3-7-16(8-4-12)20(18,19)11-15-6-5-14(10-17)9-13(15)2/h3-9H,10-11,17H2,1-2H3. The molecule has 0 aliphatic rings. The van der Waals surface area contributed by atoms with Gasteiger partial charge in [-0.2, -0.15) is 0 Å². The highest BCUT2D eigenvalue weighted by Gasteiger charge is 2.16. The summed E-state index contributed by atoms with van der Waals surface area (Å²) in [4.78, 5) is 0.366. The second-order valence-corrected chi connectivity index (χ2v) is 7.03. The molecule has 0 heterocycles. The molecule has 3 nitrogen and oxygen atoms in total. The Hall–Kier alpha value is -1.65. The lowest BCUT2D eigenvalue weighted by atomic mass is 10.1. The first-order chi connectivity index (χ1) is 9.42. The molecule has 0 saturated heterocycles. The smallest absolute Gasteiger partial charge is 0.182 e. The molecular formula is C16H19NO2S. The third-order valence-electron chi connectivity index (χ3n) is 3.37. The van der Waals surface area contributed by atoms with Crippen molar-refractivity contribution in [2.24, 2.45) is 5.73 Å². The van der Waals surface area contributed by atoms with Crippen molar-refractivity contribution >= 4 is 9.84 Å². The predicted molar refractivity (Wildman–Crippen MR) is 81.1 cm³/mol. The Labute approximate surface area is 120 Å². The molecule has 0 fully saturated rings. The van der Waals surface area contributed by atoms with E-state index in [4.69, 9.17) is 5.73 Å². The summed E-state index contributed by atoms with van der Waals surface area (Å²) in [6.07, 6.45) is 0. The fourth-order valence-corrected chi connectivity index (χ4v) is 3.53. The maximum absolute atomic E-state index is 12.4. The van der Waals surface area contributed by atoms with Crippen LogP contribution in [0.15, 0.2) is 47.4 Å². The molecule has 0 aliphatic carbocycles. The van der Waals surface area contributed by atoms with Gasteiger partial charge in [-0.25, -0.2) is 8.42 Å². The molecule has 2 N–H and O–H groups in total. The van der Waals surface area contributed by atoms with Crippen LogP contribution in [0.3, 0.4) is 0 Å². The summed E-state index contributed by atoms with van der Waals surface area (Å²) in [5.41, 5.74) is 9.43. The lowest BCUT2D eigenvalue weighted by Crippen LogP contribution is -2.07. The van der Waals surface area contributed by atoms with Gasteiger partial charge in [-0.15, -0.1) is 0 Å². The van der Waals surface area contributed by atoms with E-state index in [1.807, 2.05) is 44.2 Å². The summed E-state index contributed by atoms with van der Waals surface area (Å²) in [6.45, 7) is 4.32. The van der Waals surface area contributed by atoms with Crippen LogP contribution in [0.2, 0.25) is 0 Å². The first-order valence-corrected chi connectivity index (χ1v) is 8.15. The molecule has 0 saturated carbocycles. The Kier molecular flexibility index (Phi) is 4.26.